The Balaban J connectivity index is 1.91. The van der Waals surface area contributed by atoms with Gasteiger partial charge in [0.05, 0.1) is 21.9 Å². The van der Waals surface area contributed by atoms with Crippen LogP contribution in [0.2, 0.25) is 5.02 Å². The van der Waals surface area contributed by atoms with E-state index in [4.69, 9.17) is 11.6 Å². The van der Waals surface area contributed by atoms with Crippen molar-refractivity contribution in [3.05, 3.63) is 52.5 Å². The summed E-state index contributed by atoms with van der Waals surface area (Å²) in [5.41, 5.74) is 1.63. The molecular weight excluding hydrogens is 388 g/mol. The maximum absolute atomic E-state index is 12.8. The van der Waals surface area contributed by atoms with Crippen molar-refractivity contribution in [1.82, 2.24) is 4.90 Å². The molecule has 0 saturated carbocycles. The van der Waals surface area contributed by atoms with Gasteiger partial charge >= 0.3 is 0 Å². The molecule has 1 aliphatic heterocycles. The molecule has 0 aliphatic carbocycles. The molecule has 1 saturated heterocycles. The summed E-state index contributed by atoms with van der Waals surface area (Å²) in [4.78, 5) is 16.5. The van der Waals surface area contributed by atoms with Crippen LogP contribution in [0.3, 0.4) is 0 Å². The van der Waals surface area contributed by atoms with Gasteiger partial charge in [-0.05, 0) is 69.9 Å². The summed E-state index contributed by atoms with van der Waals surface area (Å²) in [7, 11) is 0. The van der Waals surface area contributed by atoms with E-state index in [9.17, 15) is 15.0 Å². The van der Waals surface area contributed by atoms with Crippen molar-refractivity contribution in [3.8, 4) is 5.75 Å². The maximum Gasteiger partial charge on any atom is 0.255 e. The Morgan fingerprint density at radius 1 is 1.10 bits per heavy atom. The molecule has 0 unspecified atom stereocenters. The average Bonchev–Trinajstić information content (AvgIpc) is 2.71. The molecule has 5 nitrogen and oxygen atoms in total. The third kappa shape index (κ3) is 4.51. The summed E-state index contributed by atoms with van der Waals surface area (Å²) in [6.45, 7) is 7.51. The average molecular weight is 417 g/mol. The standard InChI is InChI=1S/C23H29ClN2O3/c1-4-26(17-10-8-16(9-11-17)23(2,3)29)19-13-12-18(20(24)21(19)27)22(28)25-14-6-5-7-15-25/h8-13,27,29H,4-7,14-15H2,1-3H3. The fourth-order valence-corrected chi connectivity index (χ4v) is 3.99. The van der Waals surface area contributed by atoms with Crippen molar-refractivity contribution in [1.29, 1.82) is 0 Å². The molecule has 6 heteroatoms. The summed E-state index contributed by atoms with van der Waals surface area (Å²) in [5.74, 6) is -0.225. The van der Waals surface area contributed by atoms with Crippen molar-refractivity contribution >= 4 is 28.9 Å². The summed E-state index contributed by atoms with van der Waals surface area (Å²) in [6, 6.07) is 11.0. The van der Waals surface area contributed by atoms with Crippen molar-refractivity contribution in [3.63, 3.8) is 0 Å². The van der Waals surface area contributed by atoms with Crippen LogP contribution < -0.4 is 4.90 Å². The SMILES string of the molecule is CCN(c1ccc(C(C)(C)O)cc1)c1ccc(C(=O)N2CCCCC2)c(Cl)c1O. The highest BCUT2D eigenvalue weighted by Gasteiger charge is 2.25. The van der Waals surface area contributed by atoms with Gasteiger partial charge < -0.3 is 20.0 Å². The molecule has 0 atom stereocenters. The molecule has 1 heterocycles. The molecule has 1 fully saturated rings. The number of likely N-dealkylation sites (tertiary alicyclic amines) is 1. The number of nitrogens with zero attached hydrogens (tertiary/aromatic N) is 2. The molecule has 2 N–H and O–H groups in total. The molecule has 0 bridgehead atoms. The Kier molecular flexibility index (Phi) is 6.39. The molecule has 1 aliphatic rings. The first kappa shape index (κ1) is 21.5. The summed E-state index contributed by atoms with van der Waals surface area (Å²) >= 11 is 6.43. The van der Waals surface area contributed by atoms with Gasteiger partial charge in [-0.15, -0.1) is 0 Å². The van der Waals surface area contributed by atoms with E-state index in [-0.39, 0.29) is 16.7 Å². The number of carbonyl (C=O) groups excluding carboxylic acids is 1. The largest absolute Gasteiger partial charge is 0.504 e. The number of benzene rings is 2. The van der Waals surface area contributed by atoms with Crippen LogP contribution in [0.4, 0.5) is 11.4 Å². The second kappa shape index (κ2) is 8.64. The van der Waals surface area contributed by atoms with Crippen LogP contribution >= 0.6 is 11.6 Å². The Labute approximate surface area is 177 Å². The molecule has 0 aromatic heterocycles. The quantitative estimate of drug-likeness (QED) is 0.715. The lowest BCUT2D eigenvalue weighted by Crippen LogP contribution is -2.35. The van der Waals surface area contributed by atoms with Crippen LogP contribution in [0.1, 0.15) is 56.0 Å². The minimum Gasteiger partial charge on any atom is -0.504 e. The number of phenolic OH excluding ortho intramolecular Hbond substituents is 1. The van der Waals surface area contributed by atoms with Crippen LogP contribution in [-0.2, 0) is 5.60 Å². The van der Waals surface area contributed by atoms with Gasteiger partial charge in [-0.2, -0.15) is 0 Å². The highest BCUT2D eigenvalue weighted by atomic mass is 35.5. The molecule has 29 heavy (non-hydrogen) atoms. The number of halogens is 1. The normalized spacial score (nSPS) is 14.7. The van der Waals surface area contributed by atoms with Crippen LogP contribution in [0.15, 0.2) is 36.4 Å². The Morgan fingerprint density at radius 3 is 2.28 bits per heavy atom. The van der Waals surface area contributed by atoms with E-state index < -0.39 is 5.60 Å². The van der Waals surface area contributed by atoms with E-state index in [0.717, 1.165) is 43.6 Å². The van der Waals surface area contributed by atoms with E-state index >= 15 is 0 Å². The minimum absolute atomic E-state index is 0.0876. The van der Waals surface area contributed by atoms with Gasteiger partial charge in [-0.1, -0.05) is 23.7 Å². The van der Waals surface area contributed by atoms with E-state index in [1.165, 1.54) is 0 Å². The molecular formula is C23H29ClN2O3. The van der Waals surface area contributed by atoms with E-state index in [1.54, 1.807) is 30.9 Å². The molecule has 1 amide bonds. The third-order valence-corrected chi connectivity index (χ3v) is 5.84. The first-order valence-electron chi connectivity index (χ1n) is 10.1. The number of hydrogen-bond acceptors (Lipinski definition) is 4. The number of aliphatic hydroxyl groups is 1. The van der Waals surface area contributed by atoms with E-state index in [2.05, 4.69) is 0 Å². The fraction of sp³-hybridized carbons (Fsp3) is 0.435. The number of phenols is 1. The van der Waals surface area contributed by atoms with Crippen LogP contribution in [0, 0.1) is 0 Å². The lowest BCUT2D eigenvalue weighted by Gasteiger charge is -2.28. The number of rotatable bonds is 5. The van der Waals surface area contributed by atoms with Crippen molar-refractivity contribution in [2.75, 3.05) is 24.5 Å². The number of aromatic hydroxyl groups is 1. The Morgan fingerprint density at radius 2 is 1.72 bits per heavy atom. The van der Waals surface area contributed by atoms with Gasteiger partial charge in [0.1, 0.15) is 0 Å². The predicted molar refractivity (Wildman–Crippen MR) is 117 cm³/mol. The molecule has 0 radical (unpaired) electrons. The molecule has 3 rings (SSSR count). The monoisotopic (exact) mass is 416 g/mol. The smallest absolute Gasteiger partial charge is 0.255 e. The zero-order chi connectivity index (χ0) is 21.2. The maximum atomic E-state index is 12.8. The lowest BCUT2D eigenvalue weighted by molar-refractivity contribution is 0.0723. The summed E-state index contributed by atoms with van der Waals surface area (Å²) in [5, 5.41) is 21.0. The first-order chi connectivity index (χ1) is 13.7. The first-order valence-corrected chi connectivity index (χ1v) is 10.5. The second-order valence-electron chi connectivity index (χ2n) is 8.00. The number of anilines is 2. The van der Waals surface area contributed by atoms with E-state index in [0.29, 0.717) is 17.8 Å². The second-order valence-corrected chi connectivity index (χ2v) is 8.38. The third-order valence-electron chi connectivity index (χ3n) is 5.46. The minimum atomic E-state index is -0.919. The topological polar surface area (TPSA) is 64.0 Å². The lowest BCUT2D eigenvalue weighted by atomic mass is 9.98. The van der Waals surface area contributed by atoms with Gasteiger partial charge in [0.15, 0.2) is 5.75 Å². The van der Waals surface area contributed by atoms with Gasteiger partial charge in [-0.3, -0.25) is 4.79 Å². The van der Waals surface area contributed by atoms with Gasteiger partial charge in [0.25, 0.3) is 5.91 Å². The van der Waals surface area contributed by atoms with E-state index in [1.807, 2.05) is 36.1 Å². The number of carbonyl (C=O) groups is 1. The van der Waals surface area contributed by atoms with Crippen LogP contribution in [0.5, 0.6) is 5.75 Å². The summed E-state index contributed by atoms with van der Waals surface area (Å²) in [6.07, 6.45) is 3.13. The van der Waals surface area contributed by atoms with Gasteiger partial charge in [-0.25, -0.2) is 0 Å². The molecule has 2 aromatic carbocycles. The molecule has 156 valence electrons. The van der Waals surface area contributed by atoms with Crippen molar-refractivity contribution in [2.24, 2.45) is 0 Å². The number of hydrogen-bond donors (Lipinski definition) is 2. The number of amides is 1. The highest BCUT2D eigenvalue weighted by molar-refractivity contribution is 6.35. The highest BCUT2D eigenvalue weighted by Crippen LogP contribution is 2.40. The molecule has 2 aromatic rings. The Hall–Kier alpha value is -2.24. The summed E-state index contributed by atoms with van der Waals surface area (Å²) < 4.78 is 0. The molecule has 0 spiro atoms. The van der Waals surface area contributed by atoms with Crippen molar-refractivity contribution in [2.45, 2.75) is 45.6 Å². The van der Waals surface area contributed by atoms with Crippen LogP contribution in [-0.4, -0.2) is 40.7 Å². The zero-order valence-electron chi connectivity index (χ0n) is 17.3. The van der Waals surface area contributed by atoms with Gasteiger partial charge in [0.2, 0.25) is 0 Å². The van der Waals surface area contributed by atoms with Gasteiger partial charge in [0, 0.05) is 25.3 Å². The Bertz CT molecular complexity index is 869. The zero-order valence-corrected chi connectivity index (χ0v) is 18.0. The van der Waals surface area contributed by atoms with Crippen molar-refractivity contribution < 1.29 is 15.0 Å². The fourth-order valence-electron chi connectivity index (χ4n) is 3.75. The predicted octanol–water partition coefficient (Wildman–Crippen LogP) is 5.06. The van der Waals surface area contributed by atoms with Crippen LogP contribution in [0.25, 0.3) is 0 Å². The number of piperidine rings is 1.